The molecule has 8 N–H and O–H groups in total. The van der Waals surface area contributed by atoms with Gasteiger partial charge in [0.05, 0.1) is 12.8 Å². The maximum absolute atomic E-state index is 11.7. The molecular formula is C14H24N4O10Si. The summed E-state index contributed by atoms with van der Waals surface area (Å²) < 4.78 is 10.00. The molecule has 0 spiro atoms. The molecule has 164 valence electrons. The monoisotopic (exact) mass is 436 g/mol. The first-order valence-electron chi connectivity index (χ1n) is 8.17. The summed E-state index contributed by atoms with van der Waals surface area (Å²) in [6.45, 7) is 1.52. The van der Waals surface area contributed by atoms with Gasteiger partial charge >= 0.3 is 32.4 Å². The molecule has 0 rings (SSSR count). The van der Waals surface area contributed by atoms with Gasteiger partial charge in [-0.2, -0.15) is 0 Å². The van der Waals surface area contributed by atoms with E-state index in [1.807, 2.05) is 0 Å². The number of rotatable bonds is 12. The standard InChI is InChI=1S/C14H24N4O10Si/c1-29(2,27-11(21)5-17-9(19)3-7(15)13(23)24)28-12(22)6-18-10(20)4-8(16)14(25)26/h7-8H,3-6,15-16H2,1-2H3,(H,17,19)(H,18,20)(H,23,24)(H,25,26). The van der Waals surface area contributed by atoms with E-state index in [-0.39, 0.29) is 0 Å². The van der Waals surface area contributed by atoms with Crippen LogP contribution < -0.4 is 22.1 Å². The number of hydrogen-bond donors (Lipinski definition) is 6. The second-order valence-electron chi connectivity index (χ2n) is 6.20. The highest BCUT2D eigenvalue weighted by molar-refractivity contribution is 6.67. The Morgan fingerprint density at radius 3 is 1.38 bits per heavy atom. The van der Waals surface area contributed by atoms with Crippen LogP contribution in [0, 0.1) is 0 Å². The third-order valence-electron chi connectivity index (χ3n) is 3.02. The van der Waals surface area contributed by atoms with Crippen LogP contribution in [-0.2, 0) is 37.6 Å². The van der Waals surface area contributed by atoms with E-state index in [1.165, 1.54) is 13.1 Å². The number of nitrogens with two attached hydrogens (primary N) is 2. The Bertz CT molecular complexity index is 615. The molecule has 2 amide bonds. The highest BCUT2D eigenvalue weighted by Crippen LogP contribution is 2.07. The van der Waals surface area contributed by atoms with Gasteiger partial charge in [-0.1, -0.05) is 0 Å². The van der Waals surface area contributed by atoms with E-state index >= 15 is 0 Å². The minimum absolute atomic E-state index is 0.538. The number of aliphatic carboxylic acids is 2. The zero-order chi connectivity index (χ0) is 22.8. The van der Waals surface area contributed by atoms with Crippen molar-refractivity contribution in [2.45, 2.75) is 38.0 Å². The summed E-state index contributed by atoms with van der Waals surface area (Å²) in [6, 6.07) is -2.84. The first-order valence-corrected chi connectivity index (χ1v) is 11.0. The molecule has 0 saturated carbocycles. The second kappa shape index (κ2) is 11.7. The predicted molar refractivity (Wildman–Crippen MR) is 96.1 cm³/mol. The van der Waals surface area contributed by atoms with E-state index in [4.69, 9.17) is 30.5 Å². The van der Waals surface area contributed by atoms with Gasteiger partial charge in [0.25, 0.3) is 0 Å². The molecular weight excluding hydrogens is 412 g/mol. The molecule has 0 aromatic rings. The summed E-state index contributed by atoms with van der Waals surface area (Å²) in [5.74, 6) is -6.17. The van der Waals surface area contributed by atoms with Crippen molar-refractivity contribution in [1.29, 1.82) is 0 Å². The molecule has 0 fully saturated rings. The van der Waals surface area contributed by atoms with E-state index < -0.39 is 82.3 Å². The van der Waals surface area contributed by atoms with Crippen molar-refractivity contribution in [2.75, 3.05) is 13.1 Å². The van der Waals surface area contributed by atoms with Crippen LogP contribution in [0.4, 0.5) is 0 Å². The van der Waals surface area contributed by atoms with Gasteiger partial charge in [-0.25, -0.2) is 0 Å². The molecule has 0 saturated heterocycles. The van der Waals surface area contributed by atoms with Gasteiger partial charge in [-0.3, -0.25) is 28.8 Å². The Morgan fingerprint density at radius 1 is 0.793 bits per heavy atom. The summed E-state index contributed by atoms with van der Waals surface area (Å²) in [7, 11) is -3.31. The zero-order valence-electron chi connectivity index (χ0n) is 15.8. The molecule has 0 radical (unpaired) electrons. The van der Waals surface area contributed by atoms with E-state index in [9.17, 15) is 28.8 Å². The fraction of sp³-hybridized carbons (Fsp3) is 0.571. The average Bonchev–Trinajstić information content (AvgIpc) is 2.57. The highest BCUT2D eigenvalue weighted by Gasteiger charge is 2.33. The van der Waals surface area contributed by atoms with Crippen molar-refractivity contribution in [2.24, 2.45) is 11.5 Å². The van der Waals surface area contributed by atoms with Crippen molar-refractivity contribution in [3.05, 3.63) is 0 Å². The smallest absolute Gasteiger partial charge is 0.457 e. The molecule has 2 unspecified atom stereocenters. The molecule has 0 aromatic heterocycles. The quantitative estimate of drug-likeness (QED) is 0.164. The van der Waals surface area contributed by atoms with Gasteiger partial charge in [0.2, 0.25) is 11.8 Å². The lowest BCUT2D eigenvalue weighted by Crippen LogP contribution is -2.45. The Hall–Kier alpha value is -3.04. The molecule has 0 heterocycles. The maximum atomic E-state index is 11.7. The van der Waals surface area contributed by atoms with Crippen LogP contribution in [-0.4, -0.2) is 79.6 Å². The fourth-order valence-corrected chi connectivity index (χ4v) is 2.98. The summed E-state index contributed by atoms with van der Waals surface area (Å²) in [6.07, 6.45) is -1.08. The predicted octanol–water partition coefficient (Wildman–Crippen LogP) is -3.39. The lowest BCUT2D eigenvalue weighted by molar-refractivity contribution is -0.142. The van der Waals surface area contributed by atoms with Crippen LogP contribution in [0.2, 0.25) is 13.1 Å². The Kier molecular flexibility index (Phi) is 10.5. The Morgan fingerprint density at radius 2 is 1.10 bits per heavy atom. The lowest BCUT2D eigenvalue weighted by Gasteiger charge is -2.22. The number of carbonyl (C=O) groups excluding carboxylic acids is 4. The summed E-state index contributed by atoms with van der Waals surface area (Å²) in [5, 5.41) is 21.4. The molecule has 0 bridgehead atoms. The molecule has 2 atom stereocenters. The van der Waals surface area contributed by atoms with Gasteiger partial charge in [-0.15, -0.1) is 0 Å². The Labute approximate surface area is 166 Å². The third-order valence-corrected chi connectivity index (χ3v) is 4.46. The lowest BCUT2D eigenvalue weighted by atomic mass is 10.2. The van der Waals surface area contributed by atoms with Gasteiger partial charge < -0.3 is 41.2 Å². The molecule has 29 heavy (non-hydrogen) atoms. The average molecular weight is 436 g/mol. The van der Waals surface area contributed by atoms with Crippen LogP contribution in [0.5, 0.6) is 0 Å². The van der Waals surface area contributed by atoms with Crippen molar-refractivity contribution < 1.29 is 47.8 Å². The van der Waals surface area contributed by atoms with Crippen LogP contribution in [0.25, 0.3) is 0 Å². The summed E-state index contributed by atoms with van der Waals surface area (Å²) in [4.78, 5) is 67.5. The van der Waals surface area contributed by atoms with E-state index in [1.54, 1.807) is 0 Å². The number of nitrogens with one attached hydrogen (secondary N) is 2. The van der Waals surface area contributed by atoms with Crippen LogP contribution in [0.15, 0.2) is 0 Å². The first kappa shape index (κ1) is 26.0. The molecule has 0 aromatic carbocycles. The summed E-state index contributed by atoms with van der Waals surface area (Å²) in [5.41, 5.74) is 10.4. The van der Waals surface area contributed by atoms with Crippen LogP contribution >= 0.6 is 0 Å². The minimum Gasteiger partial charge on any atom is -0.484 e. The van der Waals surface area contributed by atoms with Crippen LogP contribution in [0.1, 0.15) is 12.8 Å². The number of carbonyl (C=O) groups is 6. The largest absolute Gasteiger partial charge is 0.484 e. The van der Waals surface area contributed by atoms with E-state index in [0.717, 1.165) is 0 Å². The van der Waals surface area contributed by atoms with Gasteiger partial charge in [-0.05, 0) is 0 Å². The summed E-state index contributed by atoms with van der Waals surface area (Å²) >= 11 is 0. The molecule has 0 aliphatic heterocycles. The van der Waals surface area contributed by atoms with Gasteiger partial charge in [0.1, 0.15) is 25.2 Å². The molecule has 15 heteroatoms. The van der Waals surface area contributed by atoms with Gasteiger partial charge in [0, 0.05) is 13.1 Å². The minimum atomic E-state index is -3.31. The number of amides is 2. The number of hydrogen-bond acceptors (Lipinski definition) is 10. The van der Waals surface area contributed by atoms with E-state index in [2.05, 4.69) is 10.6 Å². The van der Waals surface area contributed by atoms with Crippen molar-refractivity contribution in [1.82, 2.24) is 10.6 Å². The first-order chi connectivity index (χ1) is 13.2. The number of carboxylic acids is 2. The molecule has 0 aliphatic carbocycles. The van der Waals surface area contributed by atoms with Crippen molar-refractivity contribution >= 4 is 44.3 Å². The SMILES string of the molecule is C[Si](C)(OC(=O)CNC(=O)CC(N)C(=O)O)OC(=O)CNC(=O)CC(N)C(=O)O. The molecule has 14 nitrogen and oxygen atoms in total. The Balaban J connectivity index is 4.32. The third kappa shape index (κ3) is 12.1. The topological polar surface area (TPSA) is 237 Å². The fourth-order valence-electron chi connectivity index (χ4n) is 1.70. The highest BCUT2D eigenvalue weighted by atomic mass is 28.4. The number of carboxylic acid groups (broad SMARTS) is 2. The zero-order valence-corrected chi connectivity index (χ0v) is 16.8. The van der Waals surface area contributed by atoms with Gasteiger partial charge in [0.15, 0.2) is 0 Å². The second-order valence-corrected chi connectivity index (χ2v) is 9.41. The van der Waals surface area contributed by atoms with Crippen molar-refractivity contribution in [3.8, 4) is 0 Å². The van der Waals surface area contributed by atoms with Crippen LogP contribution in [0.3, 0.4) is 0 Å². The van der Waals surface area contributed by atoms with Crippen molar-refractivity contribution in [3.63, 3.8) is 0 Å². The molecule has 0 aliphatic rings. The van der Waals surface area contributed by atoms with E-state index in [0.29, 0.717) is 0 Å². The maximum Gasteiger partial charge on any atom is 0.457 e. The normalized spacial score (nSPS) is 12.8.